The van der Waals surface area contributed by atoms with Gasteiger partial charge in [0.1, 0.15) is 0 Å². The highest BCUT2D eigenvalue weighted by molar-refractivity contribution is 9.08. The second-order valence-electron chi connectivity index (χ2n) is 3.95. The largest absolute Gasteiger partial charge is 0.352 e. The summed E-state index contributed by atoms with van der Waals surface area (Å²) in [6.45, 7) is 0.649. The van der Waals surface area contributed by atoms with E-state index in [9.17, 15) is 4.79 Å². The molecule has 1 fully saturated rings. The van der Waals surface area contributed by atoms with Gasteiger partial charge in [0.2, 0.25) is 5.91 Å². The Balaban J connectivity index is 1.89. The summed E-state index contributed by atoms with van der Waals surface area (Å²) < 4.78 is 0. The summed E-state index contributed by atoms with van der Waals surface area (Å²) in [4.78, 5) is 11.4. The standard InChI is InChI=1S/C12H14BrNO/c13-7-9-2-1-3-10(6-9)8-14-12(15)11-4-5-11/h1-3,6,11H,4-5,7-8H2,(H,14,15). The number of carbonyl (C=O) groups is 1. The average molecular weight is 268 g/mol. The molecule has 2 nitrogen and oxygen atoms in total. The molecular formula is C12H14BrNO. The molecule has 3 heteroatoms. The highest BCUT2D eigenvalue weighted by Crippen LogP contribution is 2.28. The van der Waals surface area contributed by atoms with E-state index in [-0.39, 0.29) is 5.91 Å². The van der Waals surface area contributed by atoms with Gasteiger partial charge in [0.25, 0.3) is 0 Å². The lowest BCUT2D eigenvalue weighted by Crippen LogP contribution is -2.24. The Bertz CT molecular complexity index is 360. The van der Waals surface area contributed by atoms with Crippen molar-refractivity contribution in [3.63, 3.8) is 0 Å². The van der Waals surface area contributed by atoms with Gasteiger partial charge in [-0.15, -0.1) is 0 Å². The fourth-order valence-corrected chi connectivity index (χ4v) is 1.85. The molecule has 0 heterocycles. The van der Waals surface area contributed by atoms with Crippen LogP contribution in [-0.4, -0.2) is 5.91 Å². The molecule has 2 rings (SSSR count). The minimum absolute atomic E-state index is 0.208. The Kier molecular flexibility index (Phi) is 3.41. The monoisotopic (exact) mass is 267 g/mol. The maximum atomic E-state index is 11.4. The number of amides is 1. The minimum atomic E-state index is 0.208. The third-order valence-corrected chi connectivity index (χ3v) is 3.21. The van der Waals surface area contributed by atoms with E-state index in [1.54, 1.807) is 0 Å². The summed E-state index contributed by atoms with van der Waals surface area (Å²) in [6.07, 6.45) is 2.13. The topological polar surface area (TPSA) is 29.1 Å². The van der Waals surface area contributed by atoms with E-state index in [0.29, 0.717) is 12.5 Å². The van der Waals surface area contributed by atoms with Gasteiger partial charge in [0.15, 0.2) is 0 Å². The van der Waals surface area contributed by atoms with Crippen molar-refractivity contribution in [3.05, 3.63) is 35.4 Å². The van der Waals surface area contributed by atoms with Crippen LogP contribution in [0.1, 0.15) is 24.0 Å². The van der Waals surface area contributed by atoms with Gasteiger partial charge in [0.05, 0.1) is 0 Å². The number of rotatable bonds is 4. The zero-order chi connectivity index (χ0) is 10.7. The normalized spacial score (nSPS) is 15.0. The van der Waals surface area contributed by atoms with Crippen LogP contribution < -0.4 is 5.32 Å². The van der Waals surface area contributed by atoms with Crippen molar-refractivity contribution in [2.24, 2.45) is 5.92 Å². The van der Waals surface area contributed by atoms with Gasteiger partial charge in [-0.25, -0.2) is 0 Å². The molecule has 80 valence electrons. The van der Waals surface area contributed by atoms with E-state index in [2.05, 4.69) is 33.4 Å². The van der Waals surface area contributed by atoms with Crippen LogP contribution in [0.15, 0.2) is 24.3 Å². The third kappa shape index (κ3) is 3.06. The summed E-state index contributed by atoms with van der Waals surface area (Å²) in [5.41, 5.74) is 2.41. The zero-order valence-electron chi connectivity index (χ0n) is 8.50. The lowest BCUT2D eigenvalue weighted by molar-refractivity contribution is -0.122. The van der Waals surface area contributed by atoms with E-state index in [1.165, 1.54) is 11.1 Å². The van der Waals surface area contributed by atoms with E-state index < -0.39 is 0 Å². The minimum Gasteiger partial charge on any atom is -0.352 e. The number of nitrogens with one attached hydrogen (secondary N) is 1. The second kappa shape index (κ2) is 4.79. The van der Waals surface area contributed by atoms with Crippen molar-refractivity contribution in [2.75, 3.05) is 0 Å². The lowest BCUT2D eigenvalue weighted by atomic mass is 10.1. The predicted molar refractivity (Wildman–Crippen MR) is 63.6 cm³/mol. The first-order chi connectivity index (χ1) is 7.29. The van der Waals surface area contributed by atoms with Gasteiger partial charge >= 0.3 is 0 Å². The molecule has 1 N–H and O–H groups in total. The molecule has 0 aromatic heterocycles. The Hall–Kier alpha value is -0.830. The zero-order valence-corrected chi connectivity index (χ0v) is 10.1. The molecule has 0 radical (unpaired) electrons. The van der Waals surface area contributed by atoms with Crippen molar-refractivity contribution >= 4 is 21.8 Å². The van der Waals surface area contributed by atoms with Crippen molar-refractivity contribution in [1.29, 1.82) is 0 Å². The number of carbonyl (C=O) groups excluding carboxylic acids is 1. The molecule has 0 bridgehead atoms. The van der Waals surface area contributed by atoms with Crippen LogP contribution in [0, 0.1) is 5.92 Å². The molecule has 1 saturated carbocycles. The Morgan fingerprint density at radius 1 is 1.40 bits per heavy atom. The fourth-order valence-electron chi connectivity index (χ4n) is 1.50. The van der Waals surface area contributed by atoms with E-state index >= 15 is 0 Å². The Morgan fingerprint density at radius 2 is 2.13 bits per heavy atom. The lowest BCUT2D eigenvalue weighted by Gasteiger charge is -2.05. The third-order valence-electron chi connectivity index (χ3n) is 2.56. The number of hydrogen-bond acceptors (Lipinski definition) is 1. The van der Waals surface area contributed by atoms with Gasteiger partial charge in [0, 0.05) is 17.8 Å². The van der Waals surface area contributed by atoms with E-state index in [4.69, 9.17) is 0 Å². The van der Waals surface area contributed by atoms with Gasteiger partial charge in [-0.2, -0.15) is 0 Å². The summed E-state index contributed by atoms with van der Waals surface area (Å²) >= 11 is 3.42. The molecular weight excluding hydrogens is 254 g/mol. The number of halogens is 1. The quantitative estimate of drug-likeness (QED) is 0.835. The van der Waals surface area contributed by atoms with Crippen molar-refractivity contribution < 1.29 is 4.79 Å². The van der Waals surface area contributed by atoms with Crippen LogP contribution >= 0.6 is 15.9 Å². The fraction of sp³-hybridized carbons (Fsp3) is 0.417. The highest BCUT2D eigenvalue weighted by atomic mass is 79.9. The van der Waals surface area contributed by atoms with Gasteiger partial charge in [-0.1, -0.05) is 40.2 Å². The van der Waals surface area contributed by atoms with Crippen LogP contribution in [0.25, 0.3) is 0 Å². The Labute approximate surface area is 98.2 Å². The molecule has 1 aliphatic carbocycles. The second-order valence-corrected chi connectivity index (χ2v) is 4.51. The molecule has 1 aromatic carbocycles. The van der Waals surface area contributed by atoms with Crippen LogP contribution in [0.4, 0.5) is 0 Å². The van der Waals surface area contributed by atoms with Crippen LogP contribution in [0.2, 0.25) is 0 Å². The first-order valence-electron chi connectivity index (χ1n) is 5.21. The Morgan fingerprint density at radius 3 is 2.80 bits per heavy atom. The van der Waals surface area contributed by atoms with Crippen molar-refractivity contribution in [1.82, 2.24) is 5.32 Å². The molecule has 0 atom stereocenters. The molecule has 1 aromatic rings. The molecule has 0 spiro atoms. The maximum absolute atomic E-state index is 11.4. The summed E-state index contributed by atoms with van der Waals surface area (Å²) in [7, 11) is 0. The number of alkyl halides is 1. The smallest absolute Gasteiger partial charge is 0.223 e. The summed E-state index contributed by atoms with van der Waals surface area (Å²) in [5.74, 6) is 0.503. The van der Waals surface area contributed by atoms with E-state index in [0.717, 1.165) is 18.2 Å². The van der Waals surface area contributed by atoms with Crippen LogP contribution in [0.3, 0.4) is 0 Å². The maximum Gasteiger partial charge on any atom is 0.223 e. The van der Waals surface area contributed by atoms with Gasteiger partial charge in [-0.3, -0.25) is 4.79 Å². The highest BCUT2D eigenvalue weighted by Gasteiger charge is 2.29. The van der Waals surface area contributed by atoms with Crippen molar-refractivity contribution in [3.8, 4) is 0 Å². The molecule has 0 unspecified atom stereocenters. The van der Waals surface area contributed by atoms with Gasteiger partial charge < -0.3 is 5.32 Å². The average Bonchev–Trinajstić information content (AvgIpc) is 3.10. The molecule has 0 aliphatic heterocycles. The first kappa shape index (κ1) is 10.7. The number of benzene rings is 1. The molecule has 0 saturated heterocycles. The van der Waals surface area contributed by atoms with Crippen LogP contribution in [-0.2, 0) is 16.7 Å². The van der Waals surface area contributed by atoms with Crippen molar-refractivity contribution in [2.45, 2.75) is 24.7 Å². The van der Waals surface area contributed by atoms with Crippen LogP contribution in [0.5, 0.6) is 0 Å². The molecule has 15 heavy (non-hydrogen) atoms. The van der Waals surface area contributed by atoms with Gasteiger partial charge in [-0.05, 0) is 24.0 Å². The number of hydrogen-bond donors (Lipinski definition) is 1. The molecule has 1 amide bonds. The molecule has 1 aliphatic rings. The summed E-state index contributed by atoms with van der Waals surface area (Å²) in [5, 5.41) is 3.82. The predicted octanol–water partition coefficient (Wildman–Crippen LogP) is 2.61. The SMILES string of the molecule is O=C(NCc1cccc(CBr)c1)C1CC1. The first-order valence-corrected chi connectivity index (χ1v) is 6.33. The summed E-state index contributed by atoms with van der Waals surface area (Å²) in [6, 6.07) is 8.25. The van der Waals surface area contributed by atoms with E-state index in [1.807, 2.05) is 12.1 Å².